The Kier molecular flexibility index (Phi) is 3.56. The van der Waals surface area contributed by atoms with E-state index in [1.54, 1.807) is 12.1 Å². The summed E-state index contributed by atoms with van der Waals surface area (Å²) >= 11 is 0. The quantitative estimate of drug-likeness (QED) is 0.404. The minimum absolute atomic E-state index is 0.202. The summed E-state index contributed by atoms with van der Waals surface area (Å²) < 4.78 is 5.26. The largest absolute Gasteiger partial charge is 0.547 e. The highest BCUT2D eigenvalue weighted by Crippen LogP contribution is 2.32. The Hall–Kier alpha value is -1.57. The van der Waals surface area contributed by atoms with Crippen LogP contribution < -0.4 is 9.97 Å². The van der Waals surface area contributed by atoms with Crippen molar-refractivity contribution in [1.82, 2.24) is 5.32 Å². The molecule has 7 heteroatoms. The van der Waals surface area contributed by atoms with Crippen LogP contribution in [0.4, 0.5) is 0 Å². The molecule has 1 aliphatic heterocycles. The molecule has 0 saturated carbocycles. The SMILES string of the molecule is CC(=O)NC1Cc2cccc(C(O)O)c2OB1O. The minimum atomic E-state index is -1.66. The van der Waals surface area contributed by atoms with Gasteiger partial charge in [-0.25, -0.2) is 0 Å². The van der Waals surface area contributed by atoms with Gasteiger partial charge in [-0.1, -0.05) is 18.2 Å². The lowest BCUT2D eigenvalue weighted by Gasteiger charge is -2.29. The van der Waals surface area contributed by atoms with E-state index in [4.69, 9.17) is 4.65 Å². The third-order valence-corrected chi connectivity index (χ3v) is 2.82. The van der Waals surface area contributed by atoms with Gasteiger partial charge in [-0.2, -0.15) is 0 Å². The number of carbonyl (C=O) groups is 1. The summed E-state index contributed by atoms with van der Waals surface area (Å²) in [5.41, 5.74) is 0.914. The van der Waals surface area contributed by atoms with Crippen molar-refractivity contribution in [3.8, 4) is 5.75 Å². The number of benzene rings is 1. The zero-order valence-corrected chi connectivity index (χ0v) is 9.83. The Morgan fingerprint density at radius 2 is 2.28 bits per heavy atom. The van der Waals surface area contributed by atoms with Crippen molar-refractivity contribution in [3.63, 3.8) is 0 Å². The lowest BCUT2D eigenvalue weighted by molar-refractivity contribution is -0.119. The maximum absolute atomic E-state index is 11.0. The molecule has 0 fully saturated rings. The van der Waals surface area contributed by atoms with E-state index in [2.05, 4.69) is 5.32 Å². The number of nitrogens with one attached hydrogen (secondary N) is 1. The van der Waals surface area contributed by atoms with Gasteiger partial charge in [0.25, 0.3) is 0 Å². The zero-order valence-electron chi connectivity index (χ0n) is 9.83. The number of amides is 1. The Bertz CT molecular complexity index is 465. The monoisotopic (exact) mass is 251 g/mol. The van der Waals surface area contributed by atoms with Crippen LogP contribution in [0.15, 0.2) is 18.2 Å². The molecule has 1 aliphatic rings. The maximum Gasteiger partial charge on any atom is 0.547 e. The molecule has 1 heterocycles. The van der Waals surface area contributed by atoms with Crippen LogP contribution in [0.1, 0.15) is 24.3 Å². The molecule has 1 aromatic rings. The third-order valence-electron chi connectivity index (χ3n) is 2.82. The molecule has 0 bridgehead atoms. The van der Waals surface area contributed by atoms with Gasteiger partial charge in [-0.05, 0) is 12.0 Å². The highest BCUT2D eigenvalue weighted by atomic mass is 16.5. The third kappa shape index (κ3) is 2.48. The number of para-hydroxylation sites is 1. The fraction of sp³-hybridized carbons (Fsp3) is 0.364. The average molecular weight is 251 g/mol. The molecule has 0 saturated heterocycles. The van der Waals surface area contributed by atoms with E-state index in [0.29, 0.717) is 12.0 Å². The average Bonchev–Trinajstić information content (AvgIpc) is 2.28. The fourth-order valence-corrected chi connectivity index (χ4v) is 2.04. The van der Waals surface area contributed by atoms with Crippen LogP contribution in [-0.2, 0) is 11.2 Å². The van der Waals surface area contributed by atoms with Gasteiger partial charge in [-0.15, -0.1) is 0 Å². The van der Waals surface area contributed by atoms with Gasteiger partial charge in [0, 0.05) is 12.5 Å². The van der Waals surface area contributed by atoms with Crippen LogP contribution in [-0.4, -0.2) is 34.2 Å². The van der Waals surface area contributed by atoms with E-state index in [1.807, 2.05) is 0 Å². The number of rotatable bonds is 2. The van der Waals surface area contributed by atoms with Crippen molar-refractivity contribution < 1.29 is 24.7 Å². The topological polar surface area (TPSA) is 99.0 Å². The van der Waals surface area contributed by atoms with Crippen molar-refractivity contribution in [1.29, 1.82) is 0 Å². The molecular weight excluding hydrogens is 237 g/mol. The second-order valence-electron chi connectivity index (χ2n) is 4.23. The number of carbonyl (C=O) groups excluding carboxylic acids is 1. The van der Waals surface area contributed by atoms with Gasteiger partial charge >= 0.3 is 7.12 Å². The summed E-state index contributed by atoms with van der Waals surface area (Å²) in [6.45, 7) is 1.36. The molecule has 2 rings (SSSR count). The molecule has 96 valence electrons. The summed E-state index contributed by atoms with van der Waals surface area (Å²) in [7, 11) is -1.21. The van der Waals surface area contributed by atoms with E-state index in [9.17, 15) is 20.0 Å². The lowest BCUT2D eigenvalue weighted by Crippen LogP contribution is -2.52. The van der Waals surface area contributed by atoms with Gasteiger partial charge in [0.1, 0.15) is 5.75 Å². The molecule has 0 spiro atoms. The van der Waals surface area contributed by atoms with Crippen molar-refractivity contribution in [2.45, 2.75) is 25.6 Å². The molecular formula is C11H14BNO5. The fourth-order valence-electron chi connectivity index (χ4n) is 2.04. The van der Waals surface area contributed by atoms with Gasteiger partial charge in [0.15, 0.2) is 6.29 Å². The molecule has 1 amide bonds. The van der Waals surface area contributed by atoms with E-state index < -0.39 is 19.3 Å². The molecule has 0 aromatic heterocycles. The smallest absolute Gasteiger partial charge is 0.534 e. The molecule has 0 aliphatic carbocycles. The molecule has 4 N–H and O–H groups in total. The van der Waals surface area contributed by atoms with Crippen LogP contribution in [0.5, 0.6) is 5.75 Å². The number of fused-ring (bicyclic) bond motifs is 1. The Labute approximate surface area is 104 Å². The van der Waals surface area contributed by atoms with E-state index in [1.165, 1.54) is 13.0 Å². The second kappa shape index (κ2) is 4.97. The normalized spacial score (nSPS) is 18.3. The predicted molar refractivity (Wildman–Crippen MR) is 63.5 cm³/mol. The highest BCUT2D eigenvalue weighted by molar-refractivity contribution is 6.46. The second-order valence-corrected chi connectivity index (χ2v) is 4.23. The summed E-state index contributed by atoms with van der Waals surface area (Å²) in [6.07, 6.45) is -1.29. The van der Waals surface area contributed by atoms with E-state index in [0.717, 1.165) is 0 Å². The Balaban J connectivity index is 2.30. The van der Waals surface area contributed by atoms with Gasteiger partial charge in [-0.3, -0.25) is 4.79 Å². The predicted octanol–water partition coefficient (Wildman–Crippen LogP) is -0.871. The maximum atomic E-state index is 11.0. The Morgan fingerprint density at radius 3 is 2.89 bits per heavy atom. The first-order valence-electron chi connectivity index (χ1n) is 5.59. The standard InChI is InChI=1S/C11H14BNO5/c1-6(14)13-9-5-7-3-2-4-8(11(15)16)10(7)18-12(9)17/h2-4,9,11,15-17H,5H2,1H3,(H,13,14). The molecule has 1 aromatic carbocycles. The van der Waals surface area contributed by atoms with Crippen LogP contribution in [0.2, 0.25) is 0 Å². The van der Waals surface area contributed by atoms with Crippen LogP contribution in [0.3, 0.4) is 0 Å². The van der Waals surface area contributed by atoms with E-state index in [-0.39, 0.29) is 17.2 Å². The lowest BCUT2D eigenvalue weighted by atomic mass is 9.72. The van der Waals surface area contributed by atoms with Crippen molar-refractivity contribution >= 4 is 13.0 Å². The van der Waals surface area contributed by atoms with Crippen LogP contribution >= 0.6 is 0 Å². The minimum Gasteiger partial charge on any atom is -0.534 e. The van der Waals surface area contributed by atoms with Gasteiger partial charge in [0.05, 0.1) is 5.94 Å². The van der Waals surface area contributed by atoms with Gasteiger partial charge in [0.2, 0.25) is 5.91 Å². The van der Waals surface area contributed by atoms with Crippen molar-refractivity contribution in [2.24, 2.45) is 0 Å². The summed E-state index contributed by atoms with van der Waals surface area (Å²) in [6, 6.07) is 4.93. The summed E-state index contributed by atoms with van der Waals surface area (Å²) in [5.74, 6) is -0.535. The Morgan fingerprint density at radius 1 is 1.56 bits per heavy atom. The molecule has 6 nitrogen and oxygen atoms in total. The number of aliphatic hydroxyl groups excluding tert-OH is 1. The summed E-state index contributed by atoms with van der Waals surface area (Å²) in [4.78, 5) is 11.0. The number of aliphatic hydroxyl groups is 2. The molecule has 0 radical (unpaired) electrons. The summed E-state index contributed by atoms with van der Waals surface area (Å²) in [5, 5.41) is 30.8. The number of hydrogen-bond acceptors (Lipinski definition) is 5. The first-order chi connectivity index (χ1) is 8.49. The van der Waals surface area contributed by atoms with Gasteiger partial charge < -0.3 is 25.2 Å². The van der Waals surface area contributed by atoms with Crippen LogP contribution in [0.25, 0.3) is 0 Å². The van der Waals surface area contributed by atoms with Crippen molar-refractivity contribution in [3.05, 3.63) is 29.3 Å². The molecule has 1 unspecified atom stereocenters. The van der Waals surface area contributed by atoms with Crippen LogP contribution in [0, 0.1) is 0 Å². The number of hydrogen-bond donors (Lipinski definition) is 4. The zero-order chi connectivity index (χ0) is 13.3. The highest BCUT2D eigenvalue weighted by Gasteiger charge is 2.36. The molecule has 18 heavy (non-hydrogen) atoms. The molecule has 1 atom stereocenters. The van der Waals surface area contributed by atoms with Crippen molar-refractivity contribution in [2.75, 3.05) is 0 Å². The van der Waals surface area contributed by atoms with E-state index >= 15 is 0 Å². The first-order valence-corrected chi connectivity index (χ1v) is 5.59. The first kappa shape index (κ1) is 12.9.